The number of hydrogen-bond donors (Lipinski definition) is 3. The van der Waals surface area contributed by atoms with Crippen molar-refractivity contribution in [2.45, 2.75) is 45.3 Å². The van der Waals surface area contributed by atoms with Crippen LogP contribution in [-0.2, 0) is 4.79 Å². The number of nitrogens with zero attached hydrogens (tertiary/aromatic N) is 4. The molecule has 0 radical (unpaired) electrons. The number of rotatable bonds is 4. The van der Waals surface area contributed by atoms with Crippen LogP contribution >= 0.6 is 15.9 Å². The van der Waals surface area contributed by atoms with Gasteiger partial charge in [0.2, 0.25) is 5.91 Å². The predicted molar refractivity (Wildman–Crippen MR) is 130 cm³/mol. The van der Waals surface area contributed by atoms with Crippen LogP contribution in [0.5, 0.6) is 0 Å². The highest BCUT2D eigenvalue weighted by atomic mass is 79.9. The molecule has 9 heteroatoms. The molecule has 4 N–H and O–H groups in total. The number of nitrogens with one attached hydrogen (secondary N) is 1. The van der Waals surface area contributed by atoms with Crippen LogP contribution in [-0.4, -0.2) is 36.7 Å². The summed E-state index contributed by atoms with van der Waals surface area (Å²) >= 11 is 3.54. The van der Waals surface area contributed by atoms with Gasteiger partial charge in [0, 0.05) is 28.6 Å². The van der Waals surface area contributed by atoms with Gasteiger partial charge in [0.15, 0.2) is 5.65 Å². The molecule has 1 saturated carbocycles. The van der Waals surface area contributed by atoms with E-state index in [1.54, 1.807) is 10.7 Å². The second-order valence-electron chi connectivity index (χ2n) is 8.80. The zero-order valence-corrected chi connectivity index (χ0v) is 20.0. The Labute approximate surface area is 199 Å². The summed E-state index contributed by atoms with van der Waals surface area (Å²) in [6, 6.07) is 7.83. The smallest absolute Gasteiger partial charge is 0.223 e. The van der Waals surface area contributed by atoms with Gasteiger partial charge < -0.3 is 16.2 Å². The fourth-order valence-electron chi connectivity index (χ4n) is 4.50. The molecule has 0 bridgehead atoms. The average Bonchev–Trinajstić information content (AvgIpc) is 3.42. The van der Waals surface area contributed by atoms with Crippen molar-refractivity contribution in [1.82, 2.24) is 24.9 Å². The van der Waals surface area contributed by atoms with Crippen LogP contribution < -0.4 is 11.1 Å². The van der Waals surface area contributed by atoms with E-state index in [2.05, 4.69) is 50.4 Å². The number of amides is 1. The quantitative estimate of drug-likeness (QED) is 0.384. The lowest BCUT2D eigenvalue weighted by molar-refractivity contribution is -0.125. The predicted octanol–water partition coefficient (Wildman–Crippen LogP) is 3.94. The summed E-state index contributed by atoms with van der Waals surface area (Å²) in [6.07, 6.45) is 4.99. The SMILES string of the molecule is Cc1ccc2ncc(-c3cnn4c(N)c(Br)c(C(C)NC(=O)[C@@H]5CC[C@H](O)C5)nc34)cc2c1. The fraction of sp³-hybridized carbons (Fsp3) is 0.333. The first kappa shape index (κ1) is 21.8. The monoisotopic (exact) mass is 508 g/mol. The summed E-state index contributed by atoms with van der Waals surface area (Å²) in [5.74, 6) is 0.150. The Hall–Kier alpha value is -3.04. The minimum atomic E-state index is -0.401. The molecule has 1 unspecified atom stereocenters. The Morgan fingerprint density at radius 3 is 2.88 bits per heavy atom. The number of aryl methyl sites for hydroxylation is 1. The molecular weight excluding hydrogens is 484 g/mol. The fourth-order valence-corrected chi connectivity index (χ4v) is 5.10. The lowest BCUT2D eigenvalue weighted by Gasteiger charge is -2.19. The molecule has 170 valence electrons. The Morgan fingerprint density at radius 2 is 2.12 bits per heavy atom. The topological polar surface area (TPSA) is 118 Å². The van der Waals surface area contributed by atoms with Gasteiger partial charge in [0.1, 0.15) is 5.82 Å². The highest BCUT2D eigenvalue weighted by molar-refractivity contribution is 9.10. The van der Waals surface area contributed by atoms with Crippen molar-refractivity contribution >= 4 is 44.2 Å². The van der Waals surface area contributed by atoms with E-state index in [4.69, 9.17) is 10.7 Å². The molecule has 33 heavy (non-hydrogen) atoms. The first-order valence-electron chi connectivity index (χ1n) is 11.0. The number of nitrogens with two attached hydrogens (primary N) is 1. The molecule has 3 atom stereocenters. The minimum absolute atomic E-state index is 0.0750. The van der Waals surface area contributed by atoms with Crippen molar-refractivity contribution in [1.29, 1.82) is 0 Å². The molecular formula is C24H25BrN6O2. The maximum atomic E-state index is 12.7. The van der Waals surface area contributed by atoms with E-state index in [-0.39, 0.29) is 17.9 Å². The number of benzene rings is 1. The van der Waals surface area contributed by atoms with Gasteiger partial charge in [-0.3, -0.25) is 9.78 Å². The summed E-state index contributed by atoms with van der Waals surface area (Å²) < 4.78 is 2.18. The zero-order chi connectivity index (χ0) is 23.3. The van der Waals surface area contributed by atoms with E-state index in [9.17, 15) is 9.90 Å². The van der Waals surface area contributed by atoms with Crippen LogP contribution in [0.25, 0.3) is 27.7 Å². The number of aliphatic hydroxyl groups excluding tert-OH is 1. The van der Waals surface area contributed by atoms with Crippen molar-refractivity contribution < 1.29 is 9.90 Å². The lowest BCUT2D eigenvalue weighted by Crippen LogP contribution is -2.32. The maximum Gasteiger partial charge on any atom is 0.223 e. The molecule has 5 rings (SSSR count). The molecule has 1 amide bonds. The van der Waals surface area contributed by atoms with Crippen molar-refractivity contribution in [3.63, 3.8) is 0 Å². The Bertz CT molecular complexity index is 1380. The first-order chi connectivity index (χ1) is 15.8. The average molecular weight is 509 g/mol. The van der Waals surface area contributed by atoms with Gasteiger partial charge in [0.05, 0.1) is 34.0 Å². The van der Waals surface area contributed by atoms with E-state index >= 15 is 0 Å². The molecule has 0 spiro atoms. The van der Waals surface area contributed by atoms with Gasteiger partial charge in [-0.05, 0) is 67.2 Å². The largest absolute Gasteiger partial charge is 0.393 e. The molecule has 3 heterocycles. The summed E-state index contributed by atoms with van der Waals surface area (Å²) in [5, 5.41) is 18.3. The van der Waals surface area contributed by atoms with Gasteiger partial charge in [-0.25, -0.2) is 4.98 Å². The second-order valence-corrected chi connectivity index (χ2v) is 9.60. The number of aliphatic hydroxyl groups is 1. The molecule has 0 saturated heterocycles. The van der Waals surface area contributed by atoms with Crippen molar-refractivity contribution in [2.24, 2.45) is 5.92 Å². The summed E-state index contributed by atoms with van der Waals surface area (Å²) in [6.45, 7) is 3.93. The van der Waals surface area contributed by atoms with Gasteiger partial charge >= 0.3 is 0 Å². The maximum absolute atomic E-state index is 12.7. The van der Waals surface area contributed by atoms with Gasteiger partial charge in [-0.15, -0.1) is 0 Å². The number of nitrogen functional groups attached to an aromatic ring is 1. The van der Waals surface area contributed by atoms with Crippen LogP contribution in [0.3, 0.4) is 0 Å². The molecule has 8 nitrogen and oxygen atoms in total. The van der Waals surface area contributed by atoms with E-state index in [1.165, 1.54) is 0 Å². The number of fused-ring (bicyclic) bond motifs is 2. The van der Waals surface area contributed by atoms with Crippen molar-refractivity contribution in [3.05, 3.63) is 52.4 Å². The van der Waals surface area contributed by atoms with Crippen molar-refractivity contribution in [3.8, 4) is 11.1 Å². The van der Waals surface area contributed by atoms with E-state index in [0.29, 0.717) is 40.9 Å². The highest BCUT2D eigenvalue weighted by Crippen LogP contribution is 2.33. The van der Waals surface area contributed by atoms with E-state index < -0.39 is 6.10 Å². The van der Waals surface area contributed by atoms with E-state index in [0.717, 1.165) is 27.6 Å². The highest BCUT2D eigenvalue weighted by Gasteiger charge is 2.30. The minimum Gasteiger partial charge on any atom is -0.393 e. The number of aromatic nitrogens is 4. The van der Waals surface area contributed by atoms with Crippen molar-refractivity contribution in [2.75, 3.05) is 5.73 Å². The Balaban J connectivity index is 1.53. The number of carbonyl (C=O) groups excluding carboxylic acids is 1. The first-order valence-corrected chi connectivity index (χ1v) is 11.8. The normalized spacial score (nSPS) is 19.3. The van der Waals surface area contributed by atoms with E-state index in [1.807, 2.05) is 25.3 Å². The molecule has 3 aromatic heterocycles. The number of pyridine rings is 1. The molecule has 0 aliphatic heterocycles. The number of anilines is 1. The summed E-state index contributed by atoms with van der Waals surface area (Å²) in [4.78, 5) is 22.1. The van der Waals surface area contributed by atoms with Crippen LogP contribution in [0.15, 0.2) is 41.1 Å². The number of carbonyl (C=O) groups is 1. The number of hydrogen-bond acceptors (Lipinski definition) is 6. The molecule has 1 fully saturated rings. The Kier molecular flexibility index (Phi) is 5.54. The molecule has 1 aliphatic rings. The Morgan fingerprint density at radius 1 is 1.30 bits per heavy atom. The third kappa shape index (κ3) is 3.95. The summed E-state index contributed by atoms with van der Waals surface area (Å²) in [5.41, 5.74) is 11.4. The molecule has 4 aromatic rings. The third-order valence-electron chi connectivity index (χ3n) is 6.34. The van der Waals surface area contributed by atoms with Crippen LogP contribution in [0, 0.1) is 12.8 Å². The van der Waals surface area contributed by atoms with Crippen LogP contribution in [0.1, 0.15) is 43.5 Å². The standard InChI is InChI=1S/C24H25BrN6O2/c1-12-3-6-19-15(7-12)8-16(10-27-19)18-11-28-31-22(26)20(25)21(30-23(18)31)13(2)29-24(33)14-4-5-17(32)9-14/h3,6-8,10-11,13-14,17,32H,4-5,9,26H2,1-2H3,(H,29,33)/t13?,14-,17+/m1/s1. The zero-order valence-electron chi connectivity index (χ0n) is 18.4. The third-order valence-corrected chi connectivity index (χ3v) is 7.15. The summed E-state index contributed by atoms with van der Waals surface area (Å²) in [7, 11) is 0. The van der Waals surface area contributed by atoms with Gasteiger partial charge in [-0.1, -0.05) is 11.6 Å². The number of halogens is 1. The van der Waals surface area contributed by atoms with Crippen LogP contribution in [0.4, 0.5) is 5.82 Å². The second kappa shape index (κ2) is 8.39. The lowest BCUT2D eigenvalue weighted by atomic mass is 10.1. The van der Waals surface area contributed by atoms with Gasteiger partial charge in [-0.2, -0.15) is 9.61 Å². The molecule has 1 aromatic carbocycles. The molecule has 1 aliphatic carbocycles. The van der Waals surface area contributed by atoms with Gasteiger partial charge in [0.25, 0.3) is 0 Å². The van der Waals surface area contributed by atoms with Crippen LogP contribution in [0.2, 0.25) is 0 Å².